The minimum absolute atomic E-state index is 0.180. The zero-order chi connectivity index (χ0) is 17.2. The Morgan fingerprint density at radius 2 is 1.54 bits per heavy atom. The standard InChI is InChI=1S/C18H18F3NOS/c1-22(16-7-6-13-4-2-3-5-14(13)12-16)15-8-10-17(11-9-15)23-24-18(19,20)21/h6-12H,2-5H2,1H3. The molecule has 0 saturated heterocycles. The smallest absolute Gasteiger partial charge is 0.417 e. The maximum absolute atomic E-state index is 12.1. The molecule has 0 amide bonds. The molecular weight excluding hydrogens is 335 g/mol. The first-order chi connectivity index (χ1) is 11.4. The van der Waals surface area contributed by atoms with Gasteiger partial charge in [0, 0.05) is 18.4 Å². The van der Waals surface area contributed by atoms with Crippen LogP contribution in [0.3, 0.4) is 0 Å². The molecule has 0 aliphatic heterocycles. The number of halogens is 3. The monoisotopic (exact) mass is 353 g/mol. The Morgan fingerprint density at radius 1 is 0.917 bits per heavy atom. The lowest BCUT2D eigenvalue weighted by molar-refractivity contribution is -0.0369. The molecule has 0 bridgehead atoms. The van der Waals surface area contributed by atoms with E-state index in [1.54, 1.807) is 24.3 Å². The first-order valence-electron chi connectivity index (χ1n) is 7.80. The van der Waals surface area contributed by atoms with Gasteiger partial charge in [-0.05, 0) is 73.2 Å². The van der Waals surface area contributed by atoms with Gasteiger partial charge in [0.1, 0.15) is 5.75 Å². The number of aryl methyl sites for hydroxylation is 2. The van der Waals surface area contributed by atoms with Crippen molar-refractivity contribution >= 4 is 23.4 Å². The highest BCUT2D eigenvalue weighted by Crippen LogP contribution is 2.34. The van der Waals surface area contributed by atoms with Gasteiger partial charge in [0.25, 0.3) is 0 Å². The van der Waals surface area contributed by atoms with Crippen LogP contribution in [0.5, 0.6) is 5.75 Å². The van der Waals surface area contributed by atoms with E-state index in [0.717, 1.165) is 24.2 Å². The first-order valence-corrected chi connectivity index (χ1v) is 8.54. The number of nitrogens with zero attached hydrogens (tertiary/aromatic N) is 1. The van der Waals surface area contributed by atoms with Crippen LogP contribution in [0.2, 0.25) is 0 Å². The predicted molar refractivity (Wildman–Crippen MR) is 91.9 cm³/mol. The van der Waals surface area contributed by atoms with E-state index in [-0.39, 0.29) is 5.75 Å². The van der Waals surface area contributed by atoms with Gasteiger partial charge >= 0.3 is 5.51 Å². The van der Waals surface area contributed by atoms with Gasteiger partial charge in [0.15, 0.2) is 12.0 Å². The summed E-state index contributed by atoms with van der Waals surface area (Å²) in [4.78, 5) is 2.02. The van der Waals surface area contributed by atoms with Crippen molar-refractivity contribution in [2.24, 2.45) is 0 Å². The number of fused-ring (bicyclic) bond motifs is 1. The Kier molecular flexibility index (Phi) is 4.94. The Morgan fingerprint density at radius 3 is 2.21 bits per heavy atom. The third-order valence-corrected chi connectivity index (χ3v) is 4.64. The van der Waals surface area contributed by atoms with E-state index in [9.17, 15) is 13.2 Å². The van der Waals surface area contributed by atoms with Crippen molar-refractivity contribution in [1.29, 1.82) is 0 Å². The number of hydrogen-bond donors (Lipinski definition) is 0. The van der Waals surface area contributed by atoms with Crippen molar-refractivity contribution in [1.82, 2.24) is 0 Å². The van der Waals surface area contributed by atoms with Crippen LogP contribution in [0.15, 0.2) is 42.5 Å². The molecule has 0 saturated carbocycles. The molecule has 0 aromatic heterocycles. The molecule has 0 radical (unpaired) electrons. The molecule has 0 heterocycles. The zero-order valence-corrected chi connectivity index (χ0v) is 14.1. The van der Waals surface area contributed by atoms with Crippen molar-refractivity contribution < 1.29 is 17.4 Å². The predicted octanol–water partition coefficient (Wildman–Crippen LogP) is 5.88. The second-order valence-electron chi connectivity index (χ2n) is 5.83. The summed E-state index contributed by atoms with van der Waals surface area (Å²) in [6.07, 6.45) is 4.73. The molecule has 1 aliphatic carbocycles. The molecular formula is C18H18F3NOS. The number of hydrogen-bond acceptors (Lipinski definition) is 3. The maximum Gasteiger partial charge on any atom is 0.479 e. The first kappa shape index (κ1) is 17.0. The molecule has 0 N–H and O–H groups in total. The molecule has 6 heteroatoms. The van der Waals surface area contributed by atoms with Crippen LogP contribution in [0.25, 0.3) is 0 Å². The van der Waals surface area contributed by atoms with E-state index < -0.39 is 17.6 Å². The summed E-state index contributed by atoms with van der Waals surface area (Å²) in [5.74, 6) is 0.180. The third-order valence-electron chi connectivity index (χ3n) is 4.18. The van der Waals surface area contributed by atoms with Crippen LogP contribution in [0, 0.1) is 0 Å². The average molecular weight is 353 g/mol. The summed E-state index contributed by atoms with van der Waals surface area (Å²) in [6.45, 7) is 0. The van der Waals surface area contributed by atoms with Crippen LogP contribution in [0.4, 0.5) is 24.5 Å². The van der Waals surface area contributed by atoms with Gasteiger partial charge in [-0.1, -0.05) is 6.07 Å². The van der Waals surface area contributed by atoms with Gasteiger partial charge in [0.05, 0.1) is 0 Å². The lowest BCUT2D eigenvalue weighted by atomic mass is 9.91. The van der Waals surface area contributed by atoms with Gasteiger partial charge in [0.2, 0.25) is 0 Å². The summed E-state index contributed by atoms with van der Waals surface area (Å²) >= 11 is -0.501. The molecule has 0 unspecified atom stereocenters. The highest BCUT2D eigenvalue weighted by Gasteiger charge is 2.31. The Bertz CT molecular complexity index is 700. The van der Waals surface area contributed by atoms with Gasteiger partial charge in [-0.15, -0.1) is 0 Å². The summed E-state index contributed by atoms with van der Waals surface area (Å²) in [5, 5.41) is 0. The largest absolute Gasteiger partial charge is 0.479 e. The van der Waals surface area contributed by atoms with Crippen molar-refractivity contribution in [3.05, 3.63) is 53.6 Å². The van der Waals surface area contributed by atoms with Crippen LogP contribution in [-0.4, -0.2) is 12.6 Å². The highest BCUT2D eigenvalue weighted by atomic mass is 32.2. The Labute approximate surface area is 143 Å². The number of benzene rings is 2. The van der Waals surface area contributed by atoms with Gasteiger partial charge in [-0.2, -0.15) is 13.2 Å². The van der Waals surface area contributed by atoms with E-state index in [0.29, 0.717) is 0 Å². The van der Waals surface area contributed by atoms with E-state index in [2.05, 4.69) is 22.4 Å². The Hall–Kier alpha value is -1.82. The third kappa shape index (κ3) is 4.17. The molecule has 2 aromatic carbocycles. The summed E-state index contributed by atoms with van der Waals surface area (Å²) in [6, 6.07) is 13.1. The zero-order valence-electron chi connectivity index (χ0n) is 13.3. The fourth-order valence-electron chi connectivity index (χ4n) is 2.90. The molecule has 24 heavy (non-hydrogen) atoms. The SMILES string of the molecule is CN(c1ccc(OSC(F)(F)F)cc1)c1ccc2c(c1)CCCC2. The molecule has 128 valence electrons. The lowest BCUT2D eigenvalue weighted by Gasteiger charge is -2.23. The van der Waals surface area contributed by atoms with Crippen molar-refractivity contribution in [2.45, 2.75) is 31.2 Å². The average Bonchev–Trinajstić information content (AvgIpc) is 2.59. The molecule has 2 nitrogen and oxygen atoms in total. The number of rotatable bonds is 4. The molecule has 1 aliphatic rings. The van der Waals surface area contributed by atoms with Crippen LogP contribution < -0.4 is 9.08 Å². The second kappa shape index (κ2) is 6.97. The van der Waals surface area contributed by atoms with E-state index in [1.165, 1.54) is 24.0 Å². The number of anilines is 2. The van der Waals surface area contributed by atoms with Crippen molar-refractivity contribution in [3.63, 3.8) is 0 Å². The molecule has 3 rings (SSSR count). The lowest BCUT2D eigenvalue weighted by Crippen LogP contribution is -2.11. The fourth-order valence-corrected chi connectivity index (χ4v) is 3.20. The second-order valence-corrected chi connectivity index (χ2v) is 6.62. The summed E-state index contributed by atoms with van der Waals surface area (Å²) in [7, 11) is 1.95. The summed E-state index contributed by atoms with van der Waals surface area (Å²) in [5.41, 5.74) is 0.390. The maximum atomic E-state index is 12.1. The Balaban J connectivity index is 1.72. The van der Waals surface area contributed by atoms with Crippen molar-refractivity contribution in [2.75, 3.05) is 11.9 Å². The van der Waals surface area contributed by atoms with Crippen molar-refractivity contribution in [3.8, 4) is 5.75 Å². The topological polar surface area (TPSA) is 12.5 Å². The van der Waals surface area contributed by atoms with Crippen LogP contribution in [-0.2, 0) is 12.8 Å². The van der Waals surface area contributed by atoms with Crippen LogP contribution >= 0.6 is 12.0 Å². The normalized spacial score (nSPS) is 14.2. The van der Waals surface area contributed by atoms with Gasteiger partial charge in [-0.25, -0.2) is 0 Å². The fraction of sp³-hybridized carbons (Fsp3) is 0.333. The minimum Gasteiger partial charge on any atom is -0.417 e. The van der Waals surface area contributed by atoms with Gasteiger partial charge < -0.3 is 9.08 Å². The molecule has 0 fully saturated rings. The van der Waals surface area contributed by atoms with E-state index in [4.69, 9.17) is 0 Å². The van der Waals surface area contributed by atoms with E-state index >= 15 is 0 Å². The van der Waals surface area contributed by atoms with Crippen LogP contribution in [0.1, 0.15) is 24.0 Å². The van der Waals surface area contributed by atoms with E-state index in [1.807, 2.05) is 11.9 Å². The number of alkyl halides is 3. The quantitative estimate of drug-likeness (QED) is 0.637. The molecule has 0 spiro atoms. The highest BCUT2D eigenvalue weighted by molar-refractivity contribution is 7.95. The van der Waals surface area contributed by atoms with Gasteiger partial charge in [-0.3, -0.25) is 0 Å². The molecule has 0 atom stereocenters. The molecule has 2 aromatic rings. The minimum atomic E-state index is -4.40. The summed E-state index contributed by atoms with van der Waals surface area (Å²) < 4.78 is 41.1.